The Bertz CT molecular complexity index is 436. The van der Waals surface area contributed by atoms with Crippen LogP contribution in [0.2, 0.25) is 0 Å². The predicted octanol–water partition coefficient (Wildman–Crippen LogP) is 3.54. The molecule has 0 aliphatic carbocycles. The summed E-state index contributed by atoms with van der Waals surface area (Å²) in [5.41, 5.74) is -0.456. The fourth-order valence-electron chi connectivity index (χ4n) is 3.76. The van der Waals surface area contributed by atoms with Gasteiger partial charge in [0.1, 0.15) is 17.8 Å². The maximum absolute atomic E-state index is 10.4. The van der Waals surface area contributed by atoms with E-state index in [1.165, 1.54) is 37.7 Å². The number of aliphatic hydroxyl groups is 4. The molecule has 1 aliphatic rings. The van der Waals surface area contributed by atoms with Gasteiger partial charge in [-0.1, -0.05) is 58.1 Å². The third kappa shape index (κ3) is 8.61. The zero-order chi connectivity index (χ0) is 20.4. The summed E-state index contributed by atoms with van der Waals surface area (Å²) in [6.45, 7) is 8.87. The van der Waals surface area contributed by atoms with Crippen molar-refractivity contribution < 1.29 is 25.2 Å². The number of aliphatic hydroxyl groups excluding tert-OH is 3. The molecule has 0 bridgehead atoms. The second kappa shape index (κ2) is 12.2. The van der Waals surface area contributed by atoms with Crippen LogP contribution < -0.4 is 0 Å². The number of hydrogen-bond acceptors (Lipinski definition) is 5. The molecule has 0 spiro atoms. The Balaban J connectivity index is 2.23. The van der Waals surface area contributed by atoms with E-state index in [9.17, 15) is 20.4 Å². The summed E-state index contributed by atoms with van der Waals surface area (Å²) in [5, 5.41) is 39.9. The van der Waals surface area contributed by atoms with E-state index in [0.717, 1.165) is 24.7 Å². The molecule has 1 heterocycles. The van der Waals surface area contributed by atoms with Gasteiger partial charge in [-0.3, -0.25) is 0 Å². The van der Waals surface area contributed by atoms with Crippen molar-refractivity contribution in [2.45, 2.75) is 110 Å². The predicted molar refractivity (Wildman–Crippen MR) is 108 cm³/mol. The highest BCUT2D eigenvalue weighted by molar-refractivity contribution is 5.00. The van der Waals surface area contributed by atoms with Crippen LogP contribution in [0.1, 0.15) is 85.5 Å². The average Bonchev–Trinajstić information content (AvgIpc) is 2.60. The molecule has 0 aromatic carbocycles. The van der Waals surface area contributed by atoms with Crippen molar-refractivity contribution in [1.29, 1.82) is 0 Å². The molecule has 4 N–H and O–H groups in total. The second-order valence-corrected chi connectivity index (χ2v) is 8.95. The van der Waals surface area contributed by atoms with Crippen LogP contribution in [0.25, 0.3) is 0 Å². The summed E-state index contributed by atoms with van der Waals surface area (Å²) < 4.78 is 4.95. The van der Waals surface area contributed by atoms with E-state index >= 15 is 0 Å². The van der Waals surface area contributed by atoms with Crippen LogP contribution in [0.5, 0.6) is 0 Å². The lowest BCUT2D eigenvalue weighted by molar-refractivity contribution is -0.304. The summed E-state index contributed by atoms with van der Waals surface area (Å²) >= 11 is 0. The van der Waals surface area contributed by atoms with Gasteiger partial charge < -0.3 is 25.2 Å². The highest BCUT2D eigenvalue weighted by Crippen LogP contribution is 2.30. The number of ether oxygens (including phenoxy) is 1. The zero-order valence-electron chi connectivity index (χ0n) is 17.7. The molecule has 0 radical (unpaired) electrons. The van der Waals surface area contributed by atoms with Crippen LogP contribution in [0.4, 0.5) is 0 Å². The topological polar surface area (TPSA) is 90.2 Å². The van der Waals surface area contributed by atoms with Gasteiger partial charge in [-0.2, -0.15) is 0 Å². The minimum absolute atomic E-state index is 0.167. The largest absolute Gasteiger partial charge is 0.388 e. The summed E-state index contributed by atoms with van der Waals surface area (Å²) in [6, 6.07) is 0. The molecule has 1 aliphatic heterocycles. The SMILES string of the molecule is CC(=CCCC[C@]1(O)[C@@H](O)OC[C@@H](O)[C@@H]1O)CCCC(C)CCCC(C)C. The van der Waals surface area contributed by atoms with Gasteiger partial charge in [-0.05, 0) is 50.9 Å². The number of allylic oxidation sites excluding steroid dienone is 2. The van der Waals surface area contributed by atoms with E-state index in [-0.39, 0.29) is 13.0 Å². The minimum Gasteiger partial charge on any atom is -0.388 e. The van der Waals surface area contributed by atoms with E-state index in [0.29, 0.717) is 6.42 Å². The van der Waals surface area contributed by atoms with Gasteiger partial charge in [0.15, 0.2) is 6.29 Å². The summed E-state index contributed by atoms with van der Waals surface area (Å²) in [5.74, 6) is 1.58. The van der Waals surface area contributed by atoms with Crippen molar-refractivity contribution in [3.05, 3.63) is 11.6 Å². The van der Waals surface area contributed by atoms with Crippen molar-refractivity contribution in [3.63, 3.8) is 0 Å². The first-order valence-electron chi connectivity index (χ1n) is 10.7. The molecule has 0 aromatic heterocycles. The lowest BCUT2D eigenvalue weighted by Crippen LogP contribution is -2.62. The molecule has 1 unspecified atom stereocenters. The van der Waals surface area contributed by atoms with E-state index in [4.69, 9.17) is 4.74 Å². The Morgan fingerprint density at radius 3 is 2.41 bits per heavy atom. The van der Waals surface area contributed by atoms with Crippen LogP contribution in [-0.2, 0) is 4.74 Å². The van der Waals surface area contributed by atoms with Gasteiger partial charge in [0.05, 0.1) is 6.61 Å². The molecule has 0 aromatic rings. The van der Waals surface area contributed by atoms with Crippen molar-refractivity contribution in [1.82, 2.24) is 0 Å². The third-order valence-electron chi connectivity index (χ3n) is 5.75. The van der Waals surface area contributed by atoms with Gasteiger partial charge in [0.2, 0.25) is 0 Å². The molecular weight excluding hydrogens is 344 g/mol. The van der Waals surface area contributed by atoms with Crippen molar-refractivity contribution >= 4 is 0 Å². The quantitative estimate of drug-likeness (QED) is 0.304. The molecule has 5 atom stereocenters. The van der Waals surface area contributed by atoms with Gasteiger partial charge in [0, 0.05) is 0 Å². The van der Waals surface area contributed by atoms with Gasteiger partial charge in [0.25, 0.3) is 0 Å². The van der Waals surface area contributed by atoms with E-state index < -0.39 is 24.1 Å². The zero-order valence-corrected chi connectivity index (χ0v) is 17.7. The fraction of sp³-hybridized carbons (Fsp3) is 0.909. The number of rotatable bonds is 12. The van der Waals surface area contributed by atoms with E-state index in [1.807, 2.05) is 0 Å². The molecule has 1 rings (SSSR count). The van der Waals surface area contributed by atoms with Gasteiger partial charge >= 0.3 is 0 Å². The fourth-order valence-corrected chi connectivity index (χ4v) is 3.76. The van der Waals surface area contributed by atoms with Crippen LogP contribution in [0, 0.1) is 11.8 Å². The lowest BCUT2D eigenvalue weighted by atomic mass is 9.85. The normalized spacial score (nSPS) is 30.7. The maximum atomic E-state index is 10.4. The summed E-state index contributed by atoms with van der Waals surface area (Å²) in [6.07, 6.45) is 7.24. The first kappa shape index (κ1) is 24.6. The first-order valence-corrected chi connectivity index (χ1v) is 10.7. The molecule has 0 saturated carbocycles. The van der Waals surface area contributed by atoms with Gasteiger partial charge in [-0.25, -0.2) is 0 Å². The molecule has 5 heteroatoms. The smallest absolute Gasteiger partial charge is 0.186 e. The van der Waals surface area contributed by atoms with Crippen molar-refractivity contribution in [2.75, 3.05) is 6.61 Å². The third-order valence-corrected chi connectivity index (χ3v) is 5.75. The van der Waals surface area contributed by atoms with Crippen molar-refractivity contribution in [2.24, 2.45) is 11.8 Å². The molecule has 1 fully saturated rings. The van der Waals surface area contributed by atoms with Crippen LogP contribution in [0.3, 0.4) is 0 Å². The Morgan fingerprint density at radius 1 is 1.07 bits per heavy atom. The Morgan fingerprint density at radius 2 is 1.74 bits per heavy atom. The highest BCUT2D eigenvalue weighted by atomic mass is 16.6. The standard InChI is InChI=1S/C22H42O5/c1-16(2)9-7-11-18(4)13-8-12-17(3)10-5-6-14-22(26)20(24)19(23)15-27-21(22)25/h10,16,18-21,23-26H,5-9,11-15H2,1-4H3/t18?,19-,20+,21+,22-/m1/s1. The lowest BCUT2D eigenvalue weighted by Gasteiger charge is -2.42. The maximum Gasteiger partial charge on any atom is 0.186 e. The van der Waals surface area contributed by atoms with Crippen molar-refractivity contribution in [3.8, 4) is 0 Å². The van der Waals surface area contributed by atoms with Crippen LogP contribution in [0.15, 0.2) is 11.6 Å². The Labute approximate surface area is 165 Å². The highest BCUT2D eigenvalue weighted by Gasteiger charge is 2.49. The minimum atomic E-state index is -1.80. The Hall–Kier alpha value is -0.460. The molecular formula is C22H42O5. The second-order valence-electron chi connectivity index (χ2n) is 8.95. The van der Waals surface area contributed by atoms with Gasteiger partial charge in [-0.15, -0.1) is 0 Å². The Kier molecular flexibility index (Phi) is 11.1. The average molecular weight is 387 g/mol. The summed E-state index contributed by atoms with van der Waals surface area (Å²) in [4.78, 5) is 0. The van der Waals surface area contributed by atoms with E-state index in [2.05, 4.69) is 33.8 Å². The summed E-state index contributed by atoms with van der Waals surface area (Å²) in [7, 11) is 0. The number of unbranched alkanes of at least 4 members (excludes halogenated alkanes) is 1. The van der Waals surface area contributed by atoms with Crippen LogP contribution >= 0.6 is 0 Å². The molecule has 0 amide bonds. The molecule has 27 heavy (non-hydrogen) atoms. The molecule has 1 saturated heterocycles. The monoisotopic (exact) mass is 386 g/mol. The number of hydrogen-bond donors (Lipinski definition) is 4. The molecule has 5 nitrogen and oxygen atoms in total. The first-order chi connectivity index (χ1) is 12.7. The van der Waals surface area contributed by atoms with Crippen LogP contribution in [-0.4, -0.2) is 51.1 Å². The van der Waals surface area contributed by atoms with E-state index in [1.54, 1.807) is 0 Å². The molecule has 160 valence electrons.